The van der Waals surface area contributed by atoms with E-state index in [1.54, 1.807) is 18.0 Å². The molecule has 0 unspecified atom stereocenters. The second kappa shape index (κ2) is 8.78. The summed E-state index contributed by atoms with van der Waals surface area (Å²) in [4.78, 5) is 17.3. The number of pyridine rings is 1. The first-order valence-electron chi connectivity index (χ1n) is 9.88. The van der Waals surface area contributed by atoms with E-state index in [4.69, 9.17) is 9.84 Å². The van der Waals surface area contributed by atoms with Crippen LogP contribution in [0, 0.1) is 0 Å². The Kier molecular flexibility index (Phi) is 5.75. The van der Waals surface area contributed by atoms with Crippen LogP contribution >= 0.6 is 0 Å². The van der Waals surface area contributed by atoms with Crippen LogP contribution in [-0.4, -0.2) is 27.8 Å². The highest BCUT2D eigenvalue weighted by molar-refractivity contribution is 5.82. The van der Waals surface area contributed by atoms with Gasteiger partial charge < -0.3 is 10.1 Å². The van der Waals surface area contributed by atoms with Crippen molar-refractivity contribution in [2.45, 2.75) is 18.9 Å². The van der Waals surface area contributed by atoms with E-state index in [1.165, 1.54) is 0 Å². The van der Waals surface area contributed by atoms with E-state index >= 15 is 0 Å². The molecule has 2 heterocycles. The zero-order valence-corrected chi connectivity index (χ0v) is 17.1. The monoisotopic (exact) mass is 400 g/mol. The minimum absolute atomic E-state index is 0.0520. The lowest BCUT2D eigenvalue weighted by molar-refractivity contribution is -0.121. The van der Waals surface area contributed by atoms with Crippen molar-refractivity contribution in [2.24, 2.45) is 7.05 Å². The molecular formula is C24H24N4O2. The molecule has 30 heavy (non-hydrogen) atoms. The van der Waals surface area contributed by atoms with Gasteiger partial charge in [0.15, 0.2) is 5.65 Å². The zero-order chi connectivity index (χ0) is 20.9. The summed E-state index contributed by atoms with van der Waals surface area (Å²) in [5.41, 5.74) is 3.69. The molecule has 2 aromatic heterocycles. The lowest BCUT2D eigenvalue weighted by atomic mass is 10.0. The molecule has 2 aromatic carbocycles. The number of fused-ring (bicyclic) bond motifs is 1. The van der Waals surface area contributed by atoms with Crippen molar-refractivity contribution < 1.29 is 9.53 Å². The average Bonchev–Trinajstić information content (AvgIpc) is 3.11. The Labute approximate surface area is 175 Å². The van der Waals surface area contributed by atoms with Crippen LogP contribution in [0.25, 0.3) is 11.0 Å². The van der Waals surface area contributed by atoms with E-state index in [1.807, 2.05) is 61.6 Å². The van der Waals surface area contributed by atoms with E-state index < -0.39 is 0 Å². The van der Waals surface area contributed by atoms with Gasteiger partial charge in [0.1, 0.15) is 5.75 Å². The average molecular weight is 400 g/mol. The first-order valence-corrected chi connectivity index (χ1v) is 9.88. The highest BCUT2D eigenvalue weighted by Crippen LogP contribution is 2.25. The van der Waals surface area contributed by atoms with Gasteiger partial charge in [0.2, 0.25) is 5.91 Å². The molecule has 4 rings (SSSR count). The second-order valence-corrected chi connectivity index (χ2v) is 7.22. The molecule has 1 amide bonds. The largest absolute Gasteiger partial charge is 0.497 e. The zero-order valence-electron chi connectivity index (χ0n) is 17.1. The van der Waals surface area contributed by atoms with Gasteiger partial charge in [-0.1, -0.05) is 42.5 Å². The Bertz CT molecular complexity index is 1140. The SMILES string of the molecule is COc1ccc(CC(=O)N[C@H](Cc2ccccc2)c2nn(C)c3ncccc23)cc1. The van der Waals surface area contributed by atoms with Gasteiger partial charge in [-0.05, 0) is 41.8 Å². The summed E-state index contributed by atoms with van der Waals surface area (Å²) in [6.45, 7) is 0. The minimum Gasteiger partial charge on any atom is -0.497 e. The van der Waals surface area contributed by atoms with Crippen molar-refractivity contribution in [3.8, 4) is 5.75 Å². The standard InChI is InChI=1S/C24H24N4O2/c1-28-24-20(9-6-14-25-24)23(27-28)21(15-17-7-4-3-5-8-17)26-22(29)16-18-10-12-19(30-2)13-11-18/h3-14,21H,15-16H2,1-2H3,(H,26,29)/t21-/m1/s1. The predicted molar refractivity (Wildman–Crippen MR) is 116 cm³/mol. The van der Waals surface area contributed by atoms with Crippen molar-refractivity contribution in [1.29, 1.82) is 0 Å². The van der Waals surface area contributed by atoms with Crippen LogP contribution in [0.2, 0.25) is 0 Å². The topological polar surface area (TPSA) is 69.0 Å². The van der Waals surface area contributed by atoms with E-state index in [-0.39, 0.29) is 18.4 Å². The lowest BCUT2D eigenvalue weighted by Gasteiger charge is -2.18. The van der Waals surface area contributed by atoms with Crippen LogP contribution in [0.4, 0.5) is 0 Å². The van der Waals surface area contributed by atoms with Gasteiger partial charge in [-0.3, -0.25) is 9.48 Å². The molecule has 0 aliphatic carbocycles. The second-order valence-electron chi connectivity index (χ2n) is 7.22. The van der Waals surface area contributed by atoms with Crippen LogP contribution < -0.4 is 10.1 Å². The summed E-state index contributed by atoms with van der Waals surface area (Å²) in [5.74, 6) is 0.720. The fraction of sp³-hybridized carbons (Fsp3) is 0.208. The minimum atomic E-state index is -0.258. The third-order valence-corrected chi connectivity index (χ3v) is 5.10. The Hall–Kier alpha value is -3.67. The normalized spacial score (nSPS) is 11.9. The Balaban J connectivity index is 1.60. The molecule has 0 radical (unpaired) electrons. The van der Waals surface area contributed by atoms with E-state index in [0.717, 1.165) is 33.6 Å². The number of carbonyl (C=O) groups excluding carboxylic acids is 1. The number of hydrogen-bond acceptors (Lipinski definition) is 4. The molecule has 0 aliphatic heterocycles. The summed E-state index contributed by atoms with van der Waals surface area (Å²) in [5, 5.41) is 8.83. The third-order valence-electron chi connectivity index (χ3n) is 5.10. The summed E-state index contributed by atoms with van der Waals surface area (Å²) in [6.07, 6.45) is 2.69. The number of methoxy groups -OCH3 is 1. The van der Waals surface area contributed by atoms with Gasteiger partial charge >= 0.3 is 0 Å². The molecule has 0 spiro atoms. The fourth-order valence-electron chi connectivity index (χ4n) is 3.62. The molecule has 0 aliphatic rings. The first-order chi connectivity index (χ1) is 14.6. The lowest BCUT2D eigenvalue weighted by Crippen LogP contribution is -2.31. The van der Waals surface area contributed by atoms with Crippen molar-refractivity contribution >= 4 is 16.9 Å². The van der Waals surface area contributed by atoms with E-state index in [2.05, 4.69) is 22.4 Å². The molecule has 0 bridgehead atoms. The maximum Gasteiger partial charge on any atom is 0.224 e. The Morgan fingerprint density at radius 2 is 1.80 bits per heavy atom. The maximum atomic E-state index is 12.9. The third kappa shape index (κ3) is 4.33. The number of carbonyl (C=O) groups is 1. The van der Waals surface area contributed by atoms with Crippen LogP contribution in [-0.2, 0) is 24.7 Å². The number of aromatic nitrogens is 3. The van der Waals surface area contributed by atoms with Crippen molar-refractivity contribution in [2.75, 3.05) is 7.11 Å². The highest BCUT2D eigenvalue weighted by atomic mass is 16.5. The van der Waals surface area contributed by atoms with Crippen LogP contribution in [0.15, 0.2) is 72.9 Å². The Morgan fingerprint density at radius 3 is 2.53 bits per heavy atom. The smallest absolute Gasteiger partial charge is 0.224 e. The van der Waals surface area contributed by atoms with Gasteiger partial charge in [-0.25, -0.2) is 4.98 Å². The van der Waals surface area contributed by atoms with Gasteiger partial charge in [0.05, 0.1) is 25.3 Å². The van der Waals surface area contributed by atoms with Crippen LogP contribution in [0.3, 0.4) is 0 Å². The van der Waals surface area contributed by atoms with Gasteiger partial charge in [0.25, 0.3) is 0 Å². The van der Waals surface area contributed by atoms with Crippen LogP contribution in [0.1, 0.15) is 22.9 Å². The van der Waals surface area contributed by atoms with Crippen molar-refractivity contribution in [3.05, 3.63) is 89.7 Å². The molecule has 1 atom stereocenters. The summed E-state index contributed by atoms with van der Waals surface area (Å²) < 4.78 is 6.95. The number of ether oxygens (including phenoxy) is 1. The van der Waals surface area contributed by atoms with Gasteiger partial charge in [-0.15, -0.1) is 0 Å². The summed E-state index contributed by atoms with van der Waals surface area (Å²) >= 11 is 0. The van der Waals surface area contributed by atoms with E-state index in [0.29, 0.717) is 6.42 Å². The molecule has 6 nitrogen and oxygen atoms in total. The fourth-order valence-corrected chi connectivity index (χ4v) is 3.62. The number of hydrogen-bond donors (Lipinski definition) is 1. The summed E-state index contributed by atoms with van der Waals surface area (Å²) in [7, 11) is 3.50. The number of rotatable bonds is 7. The van der Waals surface area contributed by atoms with Gasteiger partial charge in [-0.2, -0.15) is 5.10 Å². The molecule has 1 N–H and O–H groups in total. The van der Waals surface area contributed by atoms with E-state index in [9.17, 15) is 4.79 Å². The molecule has 0 fully saturated rings. The predicted octanol–water partition coefficient (Wildman–Crippen LogP) is 3.62. The number of amides is 1. The first kappa shape index (κ1) is 19.6. The molecule has 0 saturated heterocycles. The summed E-state index contributed by atoms with van der Waals surface area (Å²) in [6, 6.07) is 21.3. The number of benzene rings is 2. The van der Waals surface area contributed by atoms with Gasteiger partial charge in [0, 0.05) is 18.6 Å². The number of nitrogens with one attached hydrogen (secondary N) is 1. The Morgan fingerprint density at radius 1 is 1.03 bits per heavy atom. The molecule has 4 aromatic rings. The molecular weight excluding hydrogens is 376 g/mol. The van der Waals surface area contributed by atoms with Crippen molar-refractivity contribution in [3.63, 3.8) is 0 Å². The molecule has 6 heteroatoms. The van der Waals surface area contributed by atoms with Crippen molar-refractivity contribution in [1.82, 2.24) is 20.1 Å². The highest BCUT2D eigenvalue weighted by Gasteiger charge is 2.22. The number of nitrogens with zero attached hydrogens (tertiary/aromatic N) is 3. The van der Waals surface area contributed by atoms with Crippen LogP contribution in [0.5, 0.6) is 5.75 Å². The number of aryl methyl sites for hydroxylation is 1. The molecule has 0 saturated carbocycles. The maximum absolute atomic E-state index is 12.9. The molecule has 152 valence electrons. The quantitative estimate of drug-likeness (QED) is 0.514.